The summed E-state index contributed by atoms with van der Waals surface area (Å²) in [5, 5.41) is 27.6. The number of phenols is 1. The number of benzene rings is 2. The maximum Gasteiger partial charge on any atom is 0.269 e. The summed E-state index contributed by atoms with van der Waals surface area (Å²) in [4.78, 5) is 15.8. The van der Waals surface area contributed by atoms with E-state index in [1.807, 2.05) is 19.2 Å². The molecule has 29 heavy (non-hydrogen) atoms. The van der Waals surface area contributed by atoms with Crippen LogP contribution in [0.15, 0.2) is 60.8 Å². The first-order chi connectivity index (χ1) is 13.8. The SMILES string of the molecule is CC(C)N=c1scc(-c2ccc([N+](=O)[O-])cc2)n1N=Cc1cc(Br)cc(Br)c1O. The van der Waals surface area contributed by atoms with Crippen molar-refractivity contribution in [2.24, 2.45) is 10.1 Å². The van der Waals surface area contributed by atoms with Crippen LogP contribution >= 0.6 is 43.2 Å². The zero-order chi connectivity index (χ0) is 21.1. The minimum Gasteiger partial charge on any atom is -0.506 e. The molecule has 1 heterocycles. The molecule has 150 valence electrons. The number of aromatic nitrogens is 1. The van der Waals surface area contributed by atoms with E-state index < -0.39 is 4.92 Å². The lowest BCUT2D eigenvalue weighted by Gasteiger charge is -2.06. The molecule has 2 aromatic carbocycles. The van der Waals surface area contributed by atoms with Gasteiger partial charge in [0.2, 0.25) is 4.80 Å². The molecular formula is C19H16Br2N4O3S. The van der Waals surface area contributed by atoms with Crippen LogP contribution in [-0.4, -0.2) is 27.0 Å². The summed E-state index contributed by atoms with van der Waals surface area (Å²) in [5.41, 5.74) is 2.06. The van der Waals surface area contributed by atoms with Gasteiger partial charge in [0.15, 0.2) is 0 Å². The Labute approximate surface area is 187 Å². The molecule has 0 fully saturated rings. The van der Waals surface area contributed by atoms with Crippen LogP contribution in [0.25, 0.3) is 11.3 Å². The summed E-state index contributed by atoms with van der Waals surface area (Å²) in [7, 11) is 0. The van der Waals surface area contributed by atoms with Gasteiger partial charge in [0.1, 0.15) is 5.75 Å². The molecule has 1 aromatic heterocycles. The molecule has 0 aliphatic heterocycles. The fourth-order valence-corrected chi connectivity index (χ4v) is 4.71. The quantitative estimate of drug-likeness (QED) is 0.262. The highest BCUT2D eigenvalue weighted by molar-refractivity contribution is 9.11. The van der Waals surface area contributed by atoms with E-state index in [2.05, 4.69) is 42.0 Å². The van der Waals surface area contributed by atoms with Gasteiger partial charge in [-0.05, 0) is 54.0 Å². The molecule has 0 saturated carbocycles. The van der Waals surface area contributed by atoms with Crippen molar-refractivity contribution in [1.82, 2.24) is 4.68 Å². The number of rotatable bonds is 5. The number of hydrogen-bond donors (Lipinski definition) is 1. The predicted octanol–water partition coefficient (Wildman–Crippen LogP) is 5.55. The number of hydrogen-bond acceptors (Lipinski definition) is 6. The van der Waals surface area contributed by atoms with E-state index in [9.17, 15) is 15.2 Å². The van der Waals surface area contributed by atoms with E-state index in [0.29, 0.717) is 14.8 Å². The Hall–Kier alpha value is -2.30. The fraction of sp³-hybridized carbons (Fsp3) is 0.158. The van der Waals surface area contributed by atoms with Crippen molar-refractivity contribution in [3.63, 3.8) is 0 Å². The zero-order valence-electron chi connectivity index (χ0n) is 15.4. The van der Waals surface area contributed by atoms with Gasteiger partial charge in [-0.15, -0.1) is 11.3 Å². The first-order valence-electron chi connectivity index (χ1n) is 8.48. The Balaban J connectivity index is 2.12. The number of aromatic hydroxyl groups is 1. The molecule has 3 aromatic rings. The smallest absolute Gasteiger partial charge is 0.269 e. The normalized spacial score (nSPS) is 12.2. The topological polar surface area (TPSA) is 93.0 Å². The summed E-state index contributed by atoms with van der Waals surface area (Å²) >= 11 is 8.14. The zero-order valence-corrected chi connectivity index (χ0v) is 19.4. The second kappa shape index (κ2) is 9.02. The highest BCUT2D eigenvalue weighted by Crippen LogP contribution is 2.31. The van der Waals surface area contributed by atoms with E-state index in [1.54, 1.807) is 35.2 Å². The first-order valence-corrected chi connectivity index (χ1v) is 10.9. The molecule has 0 atom stereocenters. The van der Waals surface area contributed by atoms with Gasteiger partial charge in [-0.25, -0.2) is 4.68 Å². The van der Waals surface area contributed by atoms with Gasteiger partial charge in [-0.1, -0.05) is 15.9 Å². The van der Waals surface area contributed by atoms with Crippen LogP contribution < -0.4 is 4.80 Å². The van der Waals surface area contributed by atoms with Crippen molar-refractivity contribution >= 4 is 55.1 Å². The molecule has 0 saturated heterocycles. The number of nitrogens with zero attached hydrogens (tertiary/aromatic N) is 4. The fourth-order valence-electron chi connectivity index (χ4n) is 2.48. The van der Waals surface area contributed by atoms with E-state index in [4.69, 9.17) is 0 Å². The van der Waals surface area contributed by atoms with Gasteiger partial charge in [-0.3, -0.25) is 15.1 Å². The van der Waals surface area contributed by atoms with E-state index >= 15 is 0 Å². The third-order valence-corrected chi connectivity index (χ3v) is 5.69. The molecule has 0 amide bonds. The van der Waals surface area contributed by atoms with Gasteiger partial charge in [-0.2, -0.15) is 5.10 Å². The highest BCUT2D eigenvalue weighted by atomic mass is 79.9. The maximum atomic E-state index is 10.9. The Morgan fingerprint density at radius 3 is 2.55 bits per heavy atom. The molecule has 1 N–H and O–H groups in total. The number of non-ortho nitro benzene ring substituents is 1. The highest BCUT2D eigenvalue weighted by Gasteiger charge is 2.11. The molecule has 7 nitrogen and oxygen atoms in total. The average molecular weight is 540 g/mol. The van der Waals surface area contributed by atoms with E-state index in [1.165, 1.54) is 23.5 Å². The van der Waals surface area contributed by atoms with Gasteiger partial charge in [0.25, 0.3) is 5.69 Å². The standard InChI is InChI=1S/C19H16Br2N4O3S/c1-11(2)23-19-24(22-9-13-7-14(20)8-16(21)18(13)26)17(10-29-19)12-3-5-15(6-4-12)25(27)28/h3-11,26H,1-2H3. The van der Waals surface area contributed by atoms with Crippen molar-refractivity contribution in [1.29, 1.82) is 0 Å². The third-order valence-electron chi connectivity index (χ3n) is 3.80. The van der Waals surface area contributed by atoms with Gasteiger partial charge < -0.3 is 5.11 Å². The summed E-state index contributed by atoms with van der Waals surface area (Å²) in [6.45, 7) is 3.94. The number of nitro benzene ring substituents is 1. The van der Waals surface area contributed by atoms with Crippen LogP contribution in [0.3, 0.4) is 0 Å². The van der Waals surface area contributed by atoms with Gasteiger partial charge in [0.05, 0.1) is 21.3 Å². The molecule has 0 aliphatic rings. The Bertz CT molecular complexity index is 1150. The molecule has 3 rings (SSSR count). The van der Waals surface area contributed by atoms with Crippen molar-refractivity contribution in [3.8, 4) is 17.0 Å². The molecule has 10 heteroatoms. The van der Waals surface area contributed by atoms with Crippen LogP contribution in [-0.2, 0) is 0 Å². The monoisotopic (exact) mass is 538 g/mol. The molecular weight excluding hydrogens is 524 g/mol. The number of thiazole rings is 1. The van der Waals surface area contributed by atoms with Crippen molar-refractivity contribution in [2.75, 3.05) is 0 Å². The summed E-state index contributed by atoms with van der Waals surface area (Å²) in [6.07, 6.45) is 1.55. The van der Waals surface area contributed by atoms with Crippen molar-refractivity contribution in [3.05, 3.63) is 71.2 Å². The Morgan fingerprint density at radius 1 is 1.24 bits per heavy atom. The molecule has 0 radical (unpaired) electrons. The third kappa shape index (κ3) is 5.01. The lowest BCUT2D eigenvalue weighted by molar-refractivity contribution is -0.384. The summed E-state index contributed by atoms with van der Waals surface area (Å²) in [5.74, 6) is 0.0759. The van der Waals surface area contributed by atoms with E-state index in [-0.39, 0.29) is 17.5 Å². The summed E-state index contributed by atoms with van der Waals surface area (Å²) < 4.78 is 3.01. The summed E-state index contributed by atoms with van der Waals surface area (Å²) in [6, 6.07) is 9.83. The van der Waals surface area contributed by atoms with Crippen LogP contribution in [0, 0.1) is 10.1 Å². The predicted molar refractivity (Wildman–Crippen MR) is 122 cm³/mol. The second-order valence-corrected chi connectivity index (χ2v) is 8.92. The van der Waals surface area contributed by atoms with Crippen LogP contribution in [0.1, 0.15) is 19.4 Å². The Kier molecular flexibility index (Phi) is 6.66. The maximum absolute atomic E-state index is 10.9. The van der Waals surface area contributed by atoms with Gasteiger partial charge >= 0.3 is 0 Å². The molecule has 0 unspecified atom stereocenters. The first kappa shape index (κ1) is 21.4. The average Bonchev–Trinajstić information content (AvgIpc) is 3.05. The van der Waals surface area contributed by atoms with Crippen molar-refractivity contribution in [2.45, 2.75) is 19.9 Å². The number of nitro groups is 1. The molecule has 0 bridgehead atoms. The molecule has 0 aliphatic carbocycles. The van der Waals surface area contributed by atoms with Gasteiger partial charge in [0, 0.05) is 39.2 Å². The molecule has 0 spiro atoms. The van der Waals surface area contributed by atoms with E-state index in [0.717, 1.165) is 15.7 Å². The largest absolute Gasteiger partial charge is 0.506 e. The minimum absolute atomic E-state index is 0.0232. The second-order valence-electron chi connectivity index (χ2n) is 6.31. The van der Waals surface area contributed by atoms with Crippen LogP contribution in [0.4, 0.5) is 5.69 Å². The minimum atomic E-state index is -0.434. The Morgan fingerprint density at radius 2 is 1.93 bits per heavy atom. The lowest BCUT2D eigenvalue weighted by Crippen LogP contribution is -2.14. The lowest BCUT2D eigenvalue weighted by atomic mass is 10.1. The van der Waals surface area contributed by atoms with Crippen LogP contribution in [0.2, 0.25) is 0 Å². The van der Waals surface area contributed by atoms with Crippen LogP contribution in [0.5, 0.6) is 5.75 Å². The number of phenolic OH excluding ortho intramolecular Hbond substituents is 1. The number of halogens is 2. The van der Waals surface area contributed by atoms with Crippen molar-refractivity contribution < 1.29 is 10.0 Å².